The average molecular weight is 309 g/mol. The van der Waals surface area contributed by atoms with Gasteiger partial charge in [-0.15, -0.1) is 0 Å². The standard InChI is InChI=1S/C15H32S3/c1-4-7-10-16-13-15(18-12-9-6-3)14-17-11-8-5-2/h15H,4-14H2,1-3H3. The summed E-state index contributed by atoms with van der Waals surface area (Å²) in [4.78, 5) is 0. The van der Waals surface area contributed by atoms with Crippen molar-refractivity contribution in [3.8, 4) is 0 Å². The molecule has 0 saturated carbocycles. The van der Waals surface area contributed by atoms with E-state index < -0.39 is 0 Å². The molecule has 0 spiro atoms. The molecule has 0 aliphatic rings. The second-order valence-electron chi connectivity index (χ2n) is 4.70. The van der Waals surface area contributed by atoms with E-state index in [0.717, 1.165) is 5.25 Å². The van der Waals surface area contributed by atoms with Crippen LogP contribution in [0.3, 0.4) is 0 Å². The van der Waals surface area contributed by atoms with E-state index in [4.69, 9.17) is 0 Å². The fourth-order valence-electron chi connectivity index (χ4n) is 1.46. The molecular weight excluding hydrogens is 276 g/mol. The number of rotatable bonds is 14. The third kappa shape index (κ3) is 13.5. The summed E-state index contributed by atoms with van der Waals surface area (Å²) in [7, 11) is 0. The lowest BCUT2D eigenvalue weighted by molar-refractivity contribution is 0.889. The lowest BCUT2D eigenvalue weighted by atomic mass is 10.4. The highest BCUT2D eigenvalue weighted by atomic mass is 32.2. The smallest absolute Gasteiger partial charge is 0.0228 e. The predicted octanol–water partition coefficient (Wildman–Crippen LogP) is 5.95. The Kier molecular flexibility index (Phi) is 17.0. The lowest BCUT2D eigenvalue weighted by Crippen LogP contribution is -2.11. The van der Waals surface area contributed by atoms with Crippen molar-refractivity contribution >= 4 is 35.3 Å². The van der Waals surface area contributed by atoms with Gasteiger partial charge in [-0.1, -0.05) is 40.0 Å². The van der Waals surface area contributed by atoms with Crippen LogP contribution in [-0.4, -0.2) is 34.0 Å². The van der Waals surface area contributed by atoms with Crippen LogP contribution in [0.5, 0.6) is 0 Å². The van der Waals surface area contributed by atoms with E-state index in [-0.39, 0.29) is 0 Å². The molecule has 0 unspecified atom stereocenters. The van der Waals surface area contributed by atoms with Gasteiger partial charge in [-0.25, -0.2) is 0 Å². The molecule has 0 heterocycles. The molecule has 0 N–H and O–H groups in total. The molecule has 0 nitrogen and oxygen atoms in total. The van der Waals surface area contributed by atoms with Gasteiger partial charge in [0.05, 0.1) is 0 Å². The number of unbranched alkanes of at least 4 members (excludes halogenated alkanes) is 3. The van der Waals surface area contributed by atoms with Crippen molar-refractivity contribution in [1.29, 1.82) is 0 Å². The van der Waals surface area contributed by atoms with Crippen LogP contribution in [0.4, 0.5) is 0 Å². The van der Waals surface area contributed by atoms with E-state index in [1.807, 2.05) is 0 Å². The predicted molar refractivity (Wildman–Crippen MR) is 95.6 cm³/mol. The maximum Gasteiger partial charge on any atom is 0.0228 e. The minimum atomic E-state index is 0.889. The van der Waals surface area contributed by atoms with Gasteiger partial charge >= 0.3 is 0 Å². The largest absolute Gasteiger partial charge is 0.161 e. The third-order valence-corrected chi connectivity index (χ3v) is 6.93. The normalized spacial score (nSPS) is 11.3. The van der Waals surface area contributed by atoms with Gasteiger partial charge in [0.15, 0.2) is 0 Å². The highest BCUT2D eigenvalue weighted by Gasteiger charge is 2.09. The molecule has 0 amide bonds. The first-order chi connectivity index (χ1) is 8.85. The second kappa shape index (κ2) is 16.1. The summed E-state index contributed by atoms with van der Waals surface area (Å²) in [6.45, 7) is 6.87. The summed E-state index contributed by atoms with van der Waals surface area (Å²) in [6.07, 6.45) is 8.18. The Morgan fingerprint density at radius 3 is 1.56 bits per heavy atom. The van der Waals surface area contributed by atoms with Gasteiger partial charge in [0, 0.05) is 16.8 Å². The SMILES string of the molecule is CCCCSCC(CSCCCC)SCCCC. The van der Waals surface area contributed by atoms with Crippen LogP contribution in [0.2, 0.25) is 0 Å². The zero-order valence-corrected chi connectivity index (χ0v) is 15.0. The lowest BCUT2D eigenvalue weighted by Gasteiger charge is -2.16. The monoisotopic (exact) mass is 308 g/mol. The molecule has 3 heteroatoms. The second-order valence-corrected chi connectivity index (χ2v) is 8.41. The Labute approximate surface area is 128 Å². The highest BCUT2D eigenvalue weighted by Crippen LogP contribution is 2.23. The summed E-state index contributed by atoms with van der Waals surface area (Å²) < 4.78 is 0. The Morgan fingerprint density at radius 1 is 0.667 bits per heavy atom. The number of thioether (sulfide) groups is 3. The third-order valence-electron chi connectivity index (χ3n) is 2.74. The molecule has 0 aliphatic carbocycles. The molecule has 0 aromatic carbocycles. The molecule has 0 saturated heterocycles. The van der Waals surface area contributed by atoms with Crippen LogP contribution < -0.4 is 0 Å². The van der Waals surface area contributed by atoms with Gasteiger partial charge < -0.3 is 0 Å². The maximum absolute atomic E-state index is 2.29. The first-order valence-electron chi connectivity index (χ1n) is 7.62. The van der Waals surface area contributed by atoms with Crippen LogP contribution in [0.1, 0.15) is 59.3 Å². The molecule has 18 heavy (non-hydrogen) atoms. The Balaban J connectivity index is 3.62. The molecule has 0 aromatic rings. The van der Waals surface area contributed by atoms with Gasteiger partial charge in [0.25, 0.3) is 0 Å². The average Bonchev–Trinajstić information content (AvgIpc) is 2.39. The fourth-order valence-corrected chi connectivity index (χ4v) is 5.83. The van der Waals surface area contributed by atoms with Crippen LogP contribution in [0.15, 0.2) is 0 Å². The fraction of sp³-hybridized carbons (Fsp3) is 1.00. The first-order valence-corrected chi connectivity index (χ1v) is 11.0. The molecule has 0 bridgehead atoms. The van der Waals surface area contributed by atoms with Crippen molar-refractivity contribution in [2.24, 2.45) is 0 Å². The van der Waals surface area contributed by atoms with E-state index in [9.17, 15) is 0 Å². The molecule has 0 aromatic heterocycles. The van der Waals surface area contributed by atoms with Gasteiger partial charge in [0.1, 0.15) is 0 Å². The van der Waals surface area contributed by atoms with E-state index in [0.29, 0.717) is 0 Å². The molecule has 0 atom stereocenters. The molecule has 0 aliphatic heterocycles. The van der Waals surface area contributed by atoms with E-state index in [1.54, 1.807) is 0 Å². The Morgan fingerprint density at radius 2 is 1.11 bits per heavy atom. The zero-order chi connectivity index (χ0) is 13.5. The topological polar surface area (TPSA) is 0 Å². The van der Waals surface area contributed by atoms with E-state index >= 15 is 0 Å². The van der Waals surface area contributed by atoms with E-state index in [2.05, 4.69) is 56.1 Å². The van der Waals surface area contributed by atoms with Crippen molar-refractivity contribution in [3.63, 3.8) is 0 Å². The van der Waals surface area contributed by atoms with Crippen molar-refractivity contribution in [1.82, 2.24) is 0 Å². The quantitative estimate of drug-likeness (QED) is 0.364. The molecular formula is C15H32S3. The van der Waals surface area contributed by atoms with Gasteiger partial charge in [0.2, 0.25) is 0 Å². The minimum absolute atomic E-state index is 0.889. The summed E-state index contributed by atoms with van der Waals surface area (Å²) in [5.74, 6) is 6.83. The molecule has 0 fully saturated rings. The van der Waals surface area contributed by atoms with Crippen molar-refractivity contribution in [3.05, 3.63) is 0 Å². The Hall–Kier alpha value is 1.05. The van der Waals surface area contributed by atoms with Crippen molar-refractivity contribution in [2.45, 2.75) is 64.5 Å². The van der Waals surface area contributed by atoms with Crippen LogP contribution in [-0.2, 0) is 0 Å². The van der Waals surface area contributed by atoms with Crippen LogP contribution >= 0.6 is 35.3 Å². The van der Waals surface area contributed by atoms with Gasteiger partial charge in [-0.3, -0.25) is 0 Å². The molecule has 110 valence electrons. The van der Waals surface area contributed by atoms with Crippen LogP contribution in [0, 0.1) is 0 Å². The number of hydrogen-bond acceptors (Lipinski definition) is 3. The van der Waals surface area contributed by atoms with Gasteiger partial charge in [-0.2, -0.15) is 35.3 Å². The summed E-state index contributed by atoms with van der Waals surface area (Å²) in [5, 5.41) is 0.889. The number of hydrogen-bond donors (Lipinski definition) is 0. The van der Waals surface area contributed by atoms with Crippen LogP contribution in [0.25, 0.3) is 0 Å². The summed E-state index contributed by atoms with van der Waals surface area (Å²) in [5.41, 5.74) is 0. The van der Waals surface area contributed by atoms with Gasteiger partial charge in [-0.05, 0) is 36.5 Å². The summed E-state index contributed by atoms with van der Waals surface area (Å²) >= 11 is 6.57. The highest BCUT2D eigenvalue weighted by molar-refractivity contribution is 8.05. The summed E-state index contributed by atoms with van der Waals surface area (Å²) in [6, 6.07) is 0. The van der Waals surface area contributed by atoms with Crippen molar-refractivity contribution in [2.75, 3.05) is 28.8 Å². The zero-order valence-electron chi connectivity index (χ0n) is 12.6. The molecule has 0 radical (unpaired) electrons. The maximum atomic E-state index is 2.29. The molecule has 0 rings (SSSR count). The minimum Gasteiger partial charge on any atom is -0.161 e. The van der Waals surface area contributed by atoms with E-state index in [1.165, 1.54) is 67.3 Å². The van der Waals surface area contributed by atoms with Crippen molar-refractivity contribution < 1.29 is 0 Å². The Bertz CT molecular complexity index is 139. The first kappa shape index (κ1) is 19.1.